The fraction of sp³-hybridized carbons (Fsp3) is 0.364. The summed E-state index contributed by atoms with van der Waals surface area (Å²) in [5.41, 5.74) is 3.52. The minimum absolute atomic E-state index is 0.151. The molecule has 0 atom stereocenters. The number of fused-ring (bicyclic) bond motifs is 1. The fourth-order valence-corrected chi connectivity index (χ4v) is 3.48. The van der Waals surface area contributed by atoms with Crippen LogP contribution in [0, 0.1) is 0 Å². The summed E-state index contributed by atoms with van der Waals surface area (Å²) >= 11 is 0. The molecule has 2 heterocycles. The van der Waals surface area contributed by atoms with Crippen LogP contribution >= 0.6 is 0 Å². The Morgan fingerprint density at radius 1 is 1.04 bits per heavy atom. The summed E-state index contributed by atoms with van der Waals surface area (Å²) in [6, 6.07) is 9.29. The maximum atomic E-state index is 12.4. The van der Waals surface area contributed by atoms with Crippen molar-refractivity contribution in [1.82, 2.24) is 10.3 Å². The third kappa shape index (κ3) is 4.63. The van der Waals surface area contributed by atoms with Crippen molar-refractivity contribution in [2.75, 3.05) is 25.1 Å². The number of nitrogens with one attached hydrogen (secondary N) is 2. The van der Waals surface area contributed by atoms with Crippen LogP contribution in [-0.2, 0) is 0 Å². The first kappa shape index (κ1) is 18.3. The standard InChI is InChI=1S/C22H25N3O3/c26-22(24-10-8-16-4-2-1-3-5-16)19-14-18(9-11-23-19)25-17-6-7-20-21(15-17)28-13-12-27-20/h4,6-7,9,11,14-15H,1-3,5,8,10,12-13H2,(H,23,25)(H,24,26). The molecular weight excluding hydrogens is 354 g/mol. The highest BCUT2D eigenvalue weighted by molar-refractivity contribution is 5.93. The van der Waals surface area contributed by atoms with Gasteiger partial charge >= 0.3 is 0 Å². The highest BCUT2D eigenvalue weighted by Crippen LogP contribution is 2.33. The highest BCUT2D eigenvalue weighted by atomic mass is 16.6. The topological polar surface area (TPSA) is 72.5 Å². The van der Waals surface area contributed by atoms with Crippen molar-refractivity contribution in [3.8, 4) is 11.5 Å². The normalized spacial score (nSPS) is 15.5. The van der Waals surface area contributed by atoms with E-state index in [9.17, 15) is 4.79 Å². The summed E-state index contributed by atoms with van der Waals surface area (Å²) in [5, 5.41) is 6.26. The molecule has 0 radical (unpaired) electrons. The molecule has 1 amide bonds. The zero-order valence-corrected chi connectivity index (χ0v) is 15.9. The molecule has 6 nitrogen and oxygen atoms in total. The van der Waals surface area contributed by atoms with Gasteiger partial charge in [0.05, 0.1) is 0 Å². The molecule has 0 bridgehead atoms. The van der Waals surface area contributed by atoms with Crippen LogP contribution in [0.2, 0.25) is 0 Å². The largest absolute Gasteiger partial charge is 0.486 e. The van der Waals surface area contributed by atoms with Crippen LogP contribution in [0.3, 0.4) is 0 Å². The first-order valence-corrected chi connectivity index (χ1v) is 9.87. The molecule has 0 fully saturated rings. The fourth-order valence-electron chi connectivity index (χ4n) is 3.48. The van der Waals surface area contributed by atoms with Crippen LogP contribution in [-0.4, -0.2) is 30.6 Å². The van der Waals surface area contributed by atoms with Gasteiger partial charge in [-0.2, -0.15) is 0 Å². The summed E-state index contributed by atoms with van der Waals surface area (Å²) < 4.78 is 11.2. The van der Waals surface area contributed by atoms with Crippen molar-refractivity contribution in [1.29, 1.82) is 0 Å². The van der Waals surface area contributed by atoms with E-state index in [0.717, 1.165) is 35.7 Å². The minimum Gasteiger partial charge on any atom is -0.486 e. The maximum absolute atomic E-state index is 12.4. The van der Waals surface area contributed by atoms with Gasteiger partial charge in [-0.25, -0.2) is 0 Å². The van der Waals surface area contributed by atoms with Crippen molar-refractivity contribution in [2.45, 2.75) is 32.1 Å². The lowest BCUT2D eigenvalue weighted by Crippen LogP contribution is -2.25. The molecule has 1 aliphatic carbocycles. The van der Waals surface area contributed by atoms with Gasteiger partial charge in [-0.1, -0.05) is 11.6 Å². The molecule has 0 unspecified atom stereocenters. The molecule has 2 aliphatic rings. The first-order chi connectivity index (χ1) is 13.8. The molecule has 1 aromatic heterocycles. The smallest absolute Gasteiger partial charge is 0.269 e. The van der Waals surface area contributed by atoms with Crippen LogP contribution in [0.15, 0.2) is 48.2 Å². The number of nitrogens with zero attached hydrogens (tertiary/aromatic N) is 1. The Hall–Kier alpha value is -3.02. The molecular formula is C22H25N3O3. The quantitative estimate of drug-likeness (QED) is 0.736. The zero-order chi connectivity index (χ0) is 19.2. The zero-order valence-electron chi connectivity index (χ0n) is 15.9. The van der Waals surface area contributed by atoms with E-state index in [1.54, 1.807) is 12.3 Å². The van der Waals surface area contributed by atoms with Gasteiger partial charge in [0, 0.05) is 30.2 Å². The van der Waals surface area contributed by atoms with E-state index in [2.05, 4.69) is 21.7 Å². The van der Waals surface area contributed by atoms with Gasteiger partial charge in [-0.05, 0) is 56.4 Å². The van der Waals surface area contributed by atoms with Crippen molar-refractivity contribution in [2.24, 2.45) is 0 Å². The van der Waals surface area contributed by atoms with E-state index < -0.39 is 0 Å². The Labute approximate surface area is 165 Å². The second-order valence-electron chi connectivity index (χ2n) is 7.03. The second-order valence-corrected chi connectivity index (χ2v) is 7.03. The number of aromatic nitrogens is 1. The molecule has 1 aromatic carbocycles. The number of anilines is 2. The number of amides is 1. The van der Waals surface area contributed by atoms with Crippen LogP contribution < -0.4 is 20.1 Å². The molecule has 0 saturated heterocycles. The molecule has 0 saturated carbocycles. The predicted octanol–water partition coefficient (Wildman–Crippen LogP) is 4.22. The molecule has 1 aliphatic heterocycles. The summed E-state index contributed by atoms with van der Waals surface area (Å²) in [6.07, 6.45) is 9.73. The van der Waals surface area contributed by atoms with E-state index >= 15 is 0 Å². The average Bonchev–Trinajstić information content (AvgIpc) is 2.74. The van der Waals surface area contributed by atoms with Gasteiger partial charge in [0.2, 0.25) is 0 Å². The molecule has 4 rings (SSSR count). The van der Waals surface area contributed by atoms with Gasteiger partial charge in [-0.15, -0.1) is 0 Å². The first-order valence-electron chi connectivity index (χ1n) is 9.87. The third-order valence-electron chi connectivity index (χ3n) is 4.94. The average molecular weight is 379 g/mol. The molecule has 146 valence electrons. The van der Waals surface area contributed by atoms with E-state index in [1.807, 2.05) is 24.3 Å². The number of carbonyl (C=O) groups excluding carboxylic acids is 1. The number of hydrogen-bond donors (Lipinski definition) is 2. The van der Waals surface area contributed by atoms with Crippen LogP contribution in [0.25, 0.3) is 0 Å². The van der Waals surface area contributed by atoms with Crippen LogP contribution in [0.5, 0.6) is 11.5 Å². The number of carbonyl (C=O) groups is 1. The summed E-state index contributed by atoms with van der Waals surface area (Å²) in [6.45, 7) is 1.76. The lowest BCUT2D eigenvalue weighted by molar-refractivity contribution is 0.0949. The third-order valence-corrected chi connectivity index (χ3v) is 4.94. The molecule has 0 spiro atoms. The van der Waals surface area contributed by atoms with E-state index in [-0.39, 0.29) is 5.91 Å². The number of rotatable bonds is 6. The SMILES string of the molecule is O=C(NCCC1=CCCCC1)c1cc(Nc2ccc3c(c2)OCCO3)ccn1. The Kier molecular flexibility index (Phi) is 5.75. The van der Waals surface area contributed by atoms with Gasteiger partial charge in [0.15, 0.2) is 11.5 Å². The molecule has 2 aromatic rings. The Bertz CT molecular complexity index is 879. The van der Waals surface area contributed by atoms with Crippen LogP contribution in [0.4, 0.5) is 11.4 Å². The molecule has 2 N–H and O–H groups in total. The maximum Gasteiger partial charge on any atom is 0.269 e. The summed E-state index contributed by atoms with van der Waals surface area (Å²) in [7, 11) is 0. The Morgan fingerprint density at radius 2 is 1.89 bits per heavy atom. The molecule has 28 heavy (non-hydrogen) atoms. The number of ether oxygens (including phenoxy) is 2. The Balaban J connectivity index is 1.35. The minimum atomic E-state index is -0.151. The highest BCUT2D eigenvalue weighted by Gasteiger charge is 2.13. The predicted molar refractivity (Wildman–Crippen MR) is 108 cm³/mol. The second kappa shape index (κ2) is 8.78. The molecule has 6 heteroatoms. The van der Waals surface area contributed by atoms with Crippen molar-refractivity contribution in [3.05, 3.63) is 53.9 Å². The van der Waals surface area contributed by atoms with Gasteiger partial charge < -0.3 is 20.1 Å². The summed E-state index contributed by atoms with van der Waals surface area (Å²) in [4.78, 5) is 16.6. The number of allylic oxidation sites excluding steroid dienone is 1. The lowest BCUT2D eigenvalue weighted by atomic mass is 9.97. The summed E-state index contributed by atoms with van der Waals surface area (Å²) in [5.74, 6) is 1.32. The lowest BCUT2D eigenvalue weighted by Gasteiger charge is -2.19. The van der Waals surface area contributed by atoms with Crippen molar-refractivity contribution in [3.63, 3.8) is 0 Å². The number of pyridine rings is 1. The van der Waals surface area contributed by atoms with E-state index in [0.29, 0.717) is 25.5 Å². The van der Waals surface area contributed by atoms with Crippen LogP contribution in [0.1, 0.15) is 42.6 Å². The van der Waals surface area contributed by atoms with Gasteiger partial charge in [-0.3, -0.25) is 9.78 Å². The van der Waals surface area contributed by atoms with E-state index in [4.69, 9.17) is 9.47 Å². The van der Waals surface area contributed by atoms with Gasteiger partial charge in [0.1, 0.15) is 18.9 Å². The van der Waals surface area contributed by atoms with Crippen molar-refractivity contribution < 1.29 is 14.3 Å². The van der Waals surface area contributed by atoms with E-state index in [1.165, 1.54) is 24.8 Å². The van der Waals surface area contributed by atoms with Crippen molar-refractivity contribution >= 4 is 17.3 Å². The van der Waals surface area contributed by atoms with Gasteiger partial charge in [0.25, 0.3) is 5.91 Å². The number of hydrogen-bond acceptors (Lipinski definition) is 5. The monoisotopic (exact) mass is 379 g/mol. The Morgan fingerprint density at radius 3 is 2.75 bits per heavy atom. The number of benzene rings is 1.